The smallest absolute Gasteiger partial charge is 0.303 e. The van der Waals surface area contributed by atoms with E-state index in [0.29, 0.717) is 19.6 Å². The quantitative estimate of drug-likeness (QED) is 0.0489. The molecule has 0 saturated carbocycles. The highest BCUT2D eigenvalue weighted by atomic mass is 28.3. The Kier molecular flexibility index (Phi) is 28.7. The molecule has 1 rings (SSSR count). The van der Waals surface area contributed by atoms with Crippen molar-refractivity contribution in [2.75, 3.05) is 58.9 Å². The first-order valence-corrected chi connectivity index (χ1v) is 36.7. The molecule has 1 heterocycles. The molecule has 0 N–H and O–H groups in total. The molecule has 1 aromatic rings. The van der Waals surface area contributed by atoms with Crippen molar-refractivity contribution in [1.29, 1.82) is 0 Å². The van der Waals surface area contributed by atoms with E-state index in [0.717, 1.165) is 128 Å². The molecule has 0 bridgehead atoms. The summed E-state index contributed by atoms with van der Waals surface area (Å²) in [6, 6.07) is 4.11. The molecule has 0 aliphatic carbocycles. The molecule has 0 fully saturated rings. The summed E-state index contributed by atoms with van der Waals surface area (Å²) in [5.41, 5.74) is -1.23. The fourth-order valence-corrected chi connectivity index (χ4v) is 16.8. The van der Waals surface area contributed by atoms with Crippen molar-refractivity contribution in [2.24, 2.45) is 17.8 Å². The fourth-order valence-electron chi connectivity index (χ4n) is 10.1. The van der Waals surface area contributed by atoms with Gasteiger partial charge in [0.05, 0.1) is 0 Å². The van der Waals surface area contributed by atoms with Crippen LogP contribution in [0.4, 0.5) is 0 Å². The van der Waals surface area contributed by atoms with Crippen molar-refractivity contribution in [3.8, 4) is 0 Å². The van der Waals surface area contributed by atoms with E-state index in [1.54, 1.807) is 0 Å². The van der Waals surface area contributed by atoms with Gasteiger partial charge in [0.25, 0.3) is 0 Å². The maximum absolute atomic E-state index is 13.8. The Labute approximate surface area is 380 Å². The molecule has 0 aromatic carbocycles. The van der Waals surface area contributed by atoms with E-state index in [4.69, 9.17) is 0 Å². The Morgan fingerprint density at radius 1 is 0.377 bits per heavy atom. The summed E-state index contributed by atoms with van der Waals surface area (Å²) in [5, 5.41) is 0. The predicted molar refractivity (Wildman–Crippen MR) is 278 cm³/mol. The van der Waals surface area contributed by atoms with Crippen LogP contribution in [-0.2, 0) is 19.6 Å². The van der Waals surface area contributed by atoms with E-state index in [9.17, 15) is 14.4 Å². The third-order valence-electron chi connectivity index (χ3n) is 12.4. The molecule has 0 saturated heterocycles. The summed E-state index contributed by atoms with van der Waals surface area (Å²) in [5.74, 6) is 2.22. The zero-order valence-corrected chi connectivity index (χ0v) is 46.4. The van der Waals surface area contributed by atoms with Crippen LogP contribution in [0, 0.1) is 17.8 Å². The van der Waals surface area contributed by atoms with Crippen molar-refractivity contribution in [2.45, 2.75) is 222 Å². The van der Waals surface area contributed by atoms with Gasteiger partial charge in [0.15, 0.2) is 0 Å². The van der Waals surface area contributed by atoms with Crippen molar-refractivity contribution < 1.29 is 0 Å². The Bertz CT molecular complexity index is 1390. The zero-order valence-electron chi connectivity index (χ0n) is 43.4. The Morgan fingerprint density at radius 3 is 0.803 bits per heavy atom. The Morgan fingerprint density at radius 2 is 0.590 bits per heavy atom. The number of unbranched alkanes of at least 4 members (excludes halogenated alkanes) is 10. The van der Waals surface area contributed by atoms with E-state index < -0.39 is 41.3 Å². The van der Waals surface area contributed by atoms with Gasteiger partial charge < -0.3 is 14.7 Å². The molecule has 0 spiro atoms. The van der Waals surface area contributed by atoms with Gasteiger partial charge in [-0.1, -0.05) is 164 Å². The van der Waals surface area contributed by atoms with Gasteiger partial charge in [-0.15, -0.1) is 0 Å². The van der Waals surface area contributed by atoms with Crippen LogP contribution in [0.25, 0.3) is 0 Å². The van der Waals surface area contributed by atoms with Crippen molar-refractivity contribution >= 4 is 24.2 Å². The molecular formula is C49H104N6O3Si3. The standard InChI is InChI=1S/C49H104N6O3Si3/c1-16-50(38-44(4)41-59(7,8)9)32-26-20-19-21-29-35-53-47(56)54(36-30-24-22-27-33-51(17-2)39-45(5)42-60(10,11)12)49(58)55(48(53)57)37-31-25-23-28-34-52(18-3)40-46(6)43-61(13,14)15/h44-46H,16-43H2,1-15H3. The molecule has 0 aliphatic heterocycles. The molecule has 360 valence electrons. The van der Waals surface area contributed by atoms with Gasteiger partial charge in [-0.25, -0.2) is 28.1 Å². The second kappa shape index (κ2) is 30.2. The lowest BCUT2D eigenvalue weighted by atomic mass is 10.1. The van der Waals surface area contributed by atoms with Crippen molar-refractivity contribution in [1.82, 2.24) is 28.4 Å². The summed E-state index contributed by atoms with van der Waals surface area (Å²) in [6.45, 7) is 47.5. The normalized spacial score (nSPS) is 14.5. The first-order chi connectivity index (χ1) is 28.5. The van der Waals surface area contributed by atoms with E-state index >= 15 is 0 Å². The molecule has 0 amide bonds. The van der Waals surface area contributed by atoms with Gasteiger partial charge in [-0.2, -0.15) is 0 Å². The van der Waals surface area contributed by atoms with Gasteiger partial charge in [-0.3, -0.25) is 0 Å². The Hall–Kier alpha value is -1.06. The minimum atomic E-state index is -1.07. The second-order valence-corrected chi connectivity index (χ2v) is 39.8. The maximum Gasteiger partial charge on any atom is 0.336 e. The van der Waals surface area contributed by atoms with Gasteiger partial charge in [0.1, 0.15) is 0 Å². The average Bonchev–Trinajstić information content (AvgIpc) is 3.13. The van der Waals surface area contributed by atoms with Crippen molar-refractivity contribution in [3.63, 3.8) is 0 Å². The summed E-state index contributed by atoms with van der Waals surface area (Å²) in [4.78, 5) is 49.3. The van der Waals surface area contributed by atoms with Crippen molar-refractivity contribution in [3.05, 3.63) is 31.5 Å². The van der Waals surface area contributed by atoms with Crippen LogP contribution in [-0.4, -0.2) is 112 Å². The lowest BCUT2D eigenvalue weighted by Gasteiger charge is -2.28. The summed E-state index contributed by atoms with van der Waals surface area (Å²) >= 11 is 0. The minimum Gasteiger partial charge on any atom is -0.303 e. The number of nitrogens with zero attached hydrogens (tertiary/aromatic N) is 6. The van der Waals surface area contributed by atoms with Crippen LogP contribution < -0.4 is 17.1 Å². The molecule has 0 radical (unpaired) electrons. The van der Waals surface area contributed by atoms with Crippen LogP contribution in [0.3, 0.4) is 0 Å². The zero-order chi connectivity index (χ0) is 46.2. The molecule has 61 heavy (non-hydrogen) atoms. The highest BCUT2D eigenvalue weighted by molar-refractivity contribution is 6.76. The largest absolute Gasteiger partial charge is 0.336 e. The van der Waals surface area contributed by atoms with Gasteiger partial charge in [0.2, 0.25) is 0 Å². The van der Waals surface area contributed by atoms with E-state index in [1.165, 1.54) is 64.3 Å². The summed E-state index contributed by atoms with van der Waals surface area (Å²) < 4.78 is 4.17. The third kappa shape index (κ3) is 27.1. The molecule has 3 unspecified atom stereocenters. The number of rotatable bonds is 37. The Balaban J connectivity index is 2.88. The lowest BCUT2D eigenvalue weighted by Crippen LogP contribution is -2.54. The number of hydrogen-bond acceptors (Lipinski definition) is 6. The molecule has 9 nitrogen and oxygen atoms in total. The number of hydrogen-bond donors (Lipinski definition) is 0. The fraction of sp³-hybridized carbons (Fsp3) is 0.939. The highest BCUT2D eigenvalue weighted by Crippen LogP contribution is 2.20. The molecular weight excluding hydrogens is 805 g/mol. The monoisotopic (exact) mass is 909 g/mol. The topological polar surface area (TPSA) is 75.7 Å². The van der Waals surface area contributed by atoms with Gasteiger partial charge >= 0.3 is 17.1 Å². The highest BCUT2D eigenvalue weighted by Gasteiger charge is 2.22. The van der Waals surface area contributed by atoms with Crippen LogP contribution in [0.15, 0.2) is 14.4 Å². The summed E-state index contributed by atoms with van der Waals surface area (Å²) in [6.07, 6.45) is 13.2. The SMILES string of the molecule is CCN(CCCCCCCn1c(=O)n(CCCCCCN(CC)CC(C)C[Si](C)(C)C)c(=O)n(CCCCCCN(CC)CC(C)C[Si](C)(C)C)c1=O)CC(C)C[Si](C)(C)C. The molecule has 1 aromatic heterocycles. The average molecular weight is 910 g/mol. The minimum absolute atomic E-state index is 0.385. The molecule has 3 atom stereocenters. The first kappa shape index (κ1) is 58.0. The molecule has 12 heteroatoms. The van der Waals surface area contributed by atoms with Crippen LogP contribution in [0.5, 0.6) is 0 Å². The predicted octanol–water partition coefficient (Wildman–Crippen LogP) is 11.1. The lowest BCUT2D eigenvalue weighted by molar-refractivity contribution is 0.249. The second-order valence-electron chi connectivity index (χ2n) is 23.2. The third-order valence-corrected chi connectivity index (χ3v) is 18.2. The number of aromatic nitrogens is 3. The molecule has 0 aliphatic rings. The maximum atomic E-state index is 13.8. The van der Waals surface area contributed by atoms with E-state index in [-0.39, 0.29) is 0 Å². The van der Waals surface area contributed by atoms with E-state index in [2.05, 4.69) is 115 Å². The van der Waals surface area contributed by atoms with E-state index in [1.807, 2.05) is 0 Å². The van der Waals surface area contributed by atoms with Crippen LogP contribution in [0.2, 0.25) is 77.1 Å². The first-order valence-electron chi connectivity index (χ1n) is 25.6. The van der Waals surface area contributed by atoms with Gasteiger partial charge in [0, 0.05) is 63.5 Å². The van der Waals surface area contributed by atoms with Gasteiger partial charge in [-0.05, 0) is 95.5 Å². The van der Waals surface area contributed by atoms with Crippen LogP contribution >= 0.6 is 0 Å². The van der Waals surface area contributed by atoms with Crippen LogP contribution in [0.1, 0.15) is 125 Å². The summed E-state index contributed by atoms with van der Waals surface area (Å²) in [7, 11) is -3.18.